The second kappa shape index (κ2) is 6.48. The van der Waals surface area contributed by atoms with Gasteiger partial charge in [0.15, 0.2) is 11.3 Å². The van der Waals surface area contributed by atoms with Crippen LogP contribution in [0.25, 0.3) is 5.65 Å². The molecule has 8 heteroatoms. The maximum absolute atomic E-state index is 12.5. The van der Waals surface area contributed by atoms with E-state index >= 15 is 0 Å². The Morgan fingerprint density at radius 2 is 2.20 bits per heavy atom. The van der Waals surface area contributed by atoms with E-state index in [0.717, 1.165) is 25.3 Å². The van der Waals surface area contributed by atoms with E-state index in [2.05, 4.69) is 25.3 Å². The van der Waals surface area contributed by atoms with Crippen LogP contribution >= 0.6 is 0 Å². The summed E-state index contributed by atoms with van der Waals surface area (Å²) in [5.41, 5.74) is 0.988. The fourth-order valence-corrected chi connectivity index (χ4v) is 2.93. The summed E-state index contributed by atoms with van der Waals surface area (Å²) >= 11 is 0. The number of ether oxygens (including phenoxy) is 1. The number of imidazole rings is 1. The van der Waals surface area contributed by atoms with E-state index in [0.29, 0.717) is 17.2 Å². The van der Waals surface area contributed by atoms with Crippen molar-refractivity contribution >= 4 is 23.2 Å². The first-order valence-corrected chi connectivity index (χ1v) is 8.09. The molecule has 1 atom stereocenters. The molecule has 0 spiro atoms. The largest absolute Gasteiger partial charge is 0.380 e. The number of nitrogens with one attached hydrogen (secondary N) is 1. The van der Waals surface area contributed by atoms with Crippen LogP contribution in [0.15, 0.2) is 42.7 Å². The Morgan fingerprint density at radius 1 is 1.28 bits per heavy atom. The van der Waals surface area contributed by atoms with Crippen molar-refractivity contribution in [3.63, 3.8) is 0 Å². The van der Waals surface area contributed by atoms with Crippen molar-refractivity contribution in [2.24, 2.45) is 0 Å². The molecule has 25 heavy (non-hydrogen) atoms. The monoisotopic (exact) mass is 338 g/mol. The van der Waals surface area contributed by atoms with Crippen molar-refractivity contribution in [1.82, 2.24) is 19.6 Å². The zero-order valence-corrected chi connectivity index (χ0v) is 13.8. The van der Waals surface area contributed by atoms with Gasteiger partial charge in [-0.3, -0.25) is 4.79 Å². The van der Waals surface area contributed by atoms with Crippen LogP contribution in [0.1, 0.15) is 16.9 Å². The van der Waals surface area contributed by atoms with Gasteiger partial charge >= 0.3 is 0 Å². The minimum atomic E-state index is -0.299. The lowest BCUT2D eigenvalue weighted by molar-refractivity contribution is 0.102. The molecule has 3 aromatic heterocycles. The van der Waals surface area contributed by atoms with Crippen LogP contribution in [-0.2, 0) is 4.74 Å². The zero-order chi connectivity index (χ0) is 17.2. The second-order valence-electron chi connectivity index (χ2n) is 5.87. The Balaban J connectivity index is 1.61. The van der Waals surface area contributed by atoms with Gasteiger partial charge in [-0.1, -0.05) is 6.07 Å². The lowest BCUT2D eigenvalue weighted by Crippen LogP contribution is -2.24. The summed E-state index contributed by atoms with van der Waals surface area (Å²) in [5.74, 6) is 0.991. The first kappa shape index (κ1) is 15.5. The number of rotatable bonds is 4. The maximum Gasteiger partial charge on any atom is 0.277 e. The standard InChI is InChI=1S/C17H18N6O2/c1-25-12-7-9-22(11-12)16-6-5-15-19-10-13(23(15)21-16)17(24)20-14-4-2-3-8-18-14/h2-6,8,10,12H,7,9,11H2,1H3,(H,18,20,24). The van der Waals surface area contributed by atoms with Gasteiger partial charge in [-0.05, 0) is 30.7 Å². The number of hydrogen-bond donors (Lipinski definition) is 1. The number of carbonyl (C=O) groups excluding carboxylic acids is 1. The quantitative estimate of drug-likeness (QED) is 0.778. The average Bonchev–Trinajstić information content (AvgIpc) is 3.29. The SMILES string of the molecule is COC1CCN(c2ccc3ncc(C(=O)Nc4ccccn4)n3n2)C1. The highest BCUT2D eigenvalue weighted by atomic mass is 16.5. The van der Waals surface area contributed by atoms with Gasteiger partial charge in [-0.2, -0.15) is 0 Å². The number of hydrogen-bond acceptors (Lipinski definition) is 6. The minimum Gasteiger partial charge on any atom is -0.380 e. The number of amides is 1. The highest BCUT2D eigenvalue weighted by molar-refractivity contribution is 6.02. The summed E-state index contributed by atoms with van der Waals surface area (Å²) in [6.45, 7) is 1.67. The molecule has 4 rings (SSSR count). The number of fused-ring (bicyclic) bond motifs is 1. The lowest BCUT2D eigenvalue weighted by Gasteiger charge is -2.17. The van der Waals surface area contributed by atoms with Crippen molar-refractivity contribution in [3.05, 3.63) is 48.4 Å². The second-order valence-corrected chi connectivity index (χ2v) is 5.87. The van der Waals surface area contributed by atoms with E-state index in [-0.39, 0.29) is 12.0 Å². The fraction of sp³-hybridized carbons (Fsp3) is 0.294. The third-order valence-corrected chi connectivity index (χ3v) is 4.29. The van der Waals surface area contributed by atoms with Gasteiger partial charge in [-0.25, -0.2) is 14.5 Å². The van der Waals surface area contributed by atoms with Gasteiger partial charge in [0.1, 0.15) is 11.6 Å². The normalized spacial score (nSPS) is 17.2. The maximum atomic E-state index is 12.5. The molecule has 128 valence electrons. The average molecular weight is 338 g/mol. The van der Waals surface area contributed by atoms with E-state index in [1.54, 1.807) is 30.0 Å². The zero-order valence-electron chi connectivity index (χ0n) is 13.8. The smallest absolute Gasteiger partial charge is 0.277 e. The Hall–Kier alpha value is -3.00. The lowest BCUT2D eigenvalue weighted by atomic mass is 10.3. The Kier molecular flexibility index (Phi) is 4.02. The molecule has 1 saturated heterocycles. The van der Waals surface area contributed by atoms with Crippen LogP contribution in [0, 0.1) is 0 Å². The highest BCUT2D eigenvalue weighted by Gasteiger charge is 2.24. The van der Waals surface area contributed by atoms with Crippen molar-refractivity contribution < 1.29 is 9.53 Å². The van der Waals surface area contributed by atoms with E-state index in [9.17, 15) is 4.79 Å². The molecule has 8 nitrogen and oxygen atoms in total. The molecule has 3 aromatic rings. The summed E-state index contributed by atoms with van der Waals surface area (Å²) in [6, 6.07) is 9.12. The summed E-state index contributed by atoms with van der Waals surface area (Å²) < 4.78 is 6.97. The van der Waals surface area contributed by atoms with Crippen LogP contribution in [0.4, 0.5) is 11.6 Å². The van der Waals surface area contributed by atoms with Crippen LogP contribution < -0.4 is 10.2 Å². The molecule has 1 fully saturated rings. The van der Waals surface area contributed by atoms with Crippen molar-refractivity contribution in [1.29, 1.82) is 0 Å². The van der Waals surface area contributed by atoms with Gasteiger partial charge in [0.05, 0.1) is 12.3 Å². The van der Waals surface area contributed by atoms with Crippen molar-refractivity contribution in [2.45, 2.75) is 12.5 Å². The number of carbonyl (C=O) groups is 1. The molecular formula is C17H18N6O2. The molecule has 1 amide bonds. The number of aromatic nitrogens is 4. The number of methoxy groups -OCH3 is 1. The van der Waals surface area contributed by atoms with Crippen molar-refractivity contribution in [2.75, 3.05) is 30.4 Å². The predicted molar refractivity (Wildman–Crippen MR) is 92.8 cm³/mol. The molecule has 0 saturated carbocycles. The van der Waals surface area contributed by atoms with Gasteiger partial charge in [0, 0.05) is 26.4 Å². The summed E-state index contributed by atoms with van der Waals surface area (Å²) in [7, 11) is 1.72. The van der Waals surface area contributed by atoms with Crippen molar-refractivity contribution in [3.8, 4) is 0 Å². The third-order valence-electron chi connectivity index (χ3n) is 4.29. The Labute approximate surface area is 144 Å². The van der Waals surface area contributed by atoms with Crippen LogP contribution in [0.2, 0.25) is 0 Å². The molecule has 0 aliphatic carbocycles. The molecule has 0 aromatic carbocycles. The van der Waals surface area contributed by atoms with Gasteiger partial charge in [-0.15, -0.1) is 5.10 Å². The summed E-state index contributed by atoms with van der Waals surface area (Å²) in [6.07, 6.45) is 4.33. The fourth-order valence-electron chi connectivity index (χ4n) is 2.93. The summed E-state index contributed by atoms with van der Waals surface area (Å²) in [5, 5.41) is 7.35. The molecule has 4 heterocycles. The number of anilines is 2. The van der Waals surface area contributed by atoms with Gasteiger partial charge in [0.2, 0.25) is 0 Å². The number of nitrogens with zero attached hydrogens (tertiary/aromatic N) is 5. The molecule has 1 aliphatic rings. The van der Waals surface area contributed by atoms with Crippen LogP contribution in [0.3, 0.4) is 0 Å². The van der Waals surface area contributed by atoms with E-state index in [4.69, 9.17) is 4.74 Å². The van der Waals surface area contributed by atoms with Crippen LogP contribution in [-0.4, -0.2) is 51.8 Å². The van der Waals surface area contributed by atoms with E-state index in [1.165, 1.54) is 6.20 Å². The number of pyridine rings is 1. The van der Waals surface area contributed by atoms with Crippen LogP contribution in [0.5, 0.6) is 0 Å². The minimum absolute atomic E-state index is 0.215. The van der Waals surface area contributed by atoms with E-state index < -0.39 is 0 Å². The Bertz CT molecular complexity index is 895. The van der Waals surface area contributed by atoms with Gasteiger partial charge in [0.25, 0.3) is 5.91 Å². The highest BCUT2D eigenvalue weighted by Crippen LogP contribution is 2.20. The first-order chi connectivity index (χ1) is 12.2. The summed E-state index contributed by atoms with van der Waals surface area (Å²) in [4.78, 5) is 23.0. The molecule has 1 aliphatic heterocycles. The first-order valence-electron chi connectivity index (χ1n) is 8.09. The molecular weight excluding hydrogens is 320 g/mol. The predicted octanol–water partition coefficient (Wildman–Crippen LogP) is 1.60. The molecule has 0 bridgehead atoms. The van der Waals surface area contributed by atoms with E-state index in [1.807, 2.05) is 18.2 Å². The topological polar surface area (TPSA) is 84.6 Å². The molecule has 1 unspecified atom stereocenters. The van der Waals surface area contributed by atoms with Gasteiger partial charge < -0.3 is 15.0 Å². The Morgan fingerprint density at radius 3 is 2.96 bits per heavy atom. The molecule has 1 N–H and O–H groups in total. The third kappa shape index (κ3) is 3.03. The molecule has 0 radical (unpaired) electrons.